The molecule has 126 valence electrons. The predicted octanol–water partition coefficient (Wildman–Crippen LogP) is 2.65. The van der Waals surface area contributed by atoms with E-state index in [1.807, 2.05) is 12.1 Å². The molecule has 0 atom stereocenters. The number of esters is 1. The summed E-state index contributed by atoms with van der Waals surface area (Å²) in [7, 11) is 1.64. The molecule has 0 aromatic heterocycles. The highest BCUT2D eigenvalue weighted by molar-refractivity contribution is 6.30. The van der Waals surface area contributed by atoms with Crippen LogP contribution in [-0.4, -0.2) is 35.5 Å². The summed E-state index contributed by atoms with van der Waals surface area (Å²) in [5.74, 6) is -0.877. The number of rotatable bonds is 6. The number of benzene rings is 2. The van der Waals surface area contributed by atoms with E-state index in [1.54, 1.807) is 43.4 Å². The van der Waals surface area contributed by atoms with E-state index in [9.17, 15) is 9.59 Å². The Balaban J connectivity index is 1.84. The normalized spacial score (nSPS) is 10.3. The van der Waals surface area contributed by atoms with Gasteiger partial charge in [0.2, 0.25) is 0 Å². The van der Waals surface area contributed by atoms with Gasteiger partial charge in [-0.15, -0.1) is 0 Å². The average Bonchev–Trinajstić information content (AvgIpc) is 2.61. The third-order valence-corrected chi connectivity index (χ3v) is 3.71. The summed E-state index contributed by atoms with van der Waals surface area (Å²) in [4.78, 5) is 25.4. The van der Waals surface area contributed by atoms with Crippen molar-refractivity contribution in [3.05, 3.63) is 70.2 Å². The van der Waals surface area contributed by atoms with Crippen LogP contribution in [0.1, 0.15) is 21.5 Å². The Labute approximate surface area is 145 Å². The van der Waals surface area contributed by atoms with Crippen LogP contribution in [0.2, 0.25) is 5.02 Å². The van der Waals surface area contributed by atoms with E-state index in [2.05, 4.69) is 0 Å². The molecule has 2 rings (SSSR count). The van der Waals surface area contributed by atoms with Gasteiger partial charge in [-0.1, -0.05) is 35.9 Å². The Bertz CT molecular complexity index is 698. The molecule has 24 heavy (non-hydrogen) atoms. The van der Waals surface area contributed by atoms with Gasteiger partial charge in [0.15, 0.2) is 6.61 Å². The van der Waals surface area contributed by atoms with Gasteiger partial charge < -0.3 is 14.7 Å². The fourth-order valence-electron chi connectivity index (χ4n) is 2.02. The molecule has 0 heterocycles. The van der Waals surface area contributed by atoms with Crippen molar-refractivity contribution in [1.29, 1.82) is 0 Å². The van der Waals surface area contributed by atoms with Crippen molar-refractivity contribution < 1.29 is 19.4 Å². The summed E-state index contributed by atoms with van der Waals surface area (Å²) in [6, 6.07) is 13.5. The quantitative estimate of drug-likeness (QED) is 0.816. The lowest BCUT2D eigenvalue weighted by Gasteiger charge is -2.17. The Kier molecular flexibility index (Phi) is 6.35. The minimum atomic E-state index is -0.576. The summed E-state index contributed by atoms with van der Waals surface area (Å²) >= 11 is 5.82. The number of nitrogens with zero attached hydrogens (tertiary/aromatic N) is 1. The first-order valence-corrected chi connectivity index (χ1v) is 7.72. The molecule has 0 fully saturated rings. The van der Waals surface area contributed by atoms with E-state index >= 15 is 0 Å². The van der Waals surface area contributed by atoms with Gasteiger partial charge in [0.1, 0.15) is 0 Å². The highest BCUT2D eigenvalue weighted by Crippen LogP contribution is 2.11. The molecule has 0 bridgehead atoms. The molecule has 0 aliphatic carbocycles. The topological polar surface area (TPSA) is 66.8 Å². The second-order valence-corrected chi connectivity index (χ2v) is 5.74. The van der Waals surface area contributed by atoms with E-state index < -0.39 is 5.97 Å². The molecule has 0 saturated carbocycles. The van der Waals surface area contributed by atoms with Crippen molar-refractivity contribution in [1.82, 2.24) is 4.90 Å². The van der Waals surface area contributed by atoms with Crippen molar-refractivity contribution in [3.8, 4) is 0 Å². The smallest absolute Gasteiger partial charge is 0.338 e. The van der Waals surface area contributed by atoms with Gasteiger partial charge in [0.05, 0.1) is 12.2 Å². The molecular weight excluding hydrogens is 330 g/mol. The largest absolute Gasteiger partial charge is 0.452 e. The summed E-state index contributed by atoms with van der Waals surface area (Å²) in [5.41, 5.74) is 1.96. The van der Waals surface area contributed by atoms with Crippen LogP contribution in [0.15, 0.2) is 48.5 Å². The number of carbonyl (C=O) groups excluding carboxylic acids is 2. The number of halogens is 1. The summed E-state index contributed by atoms with van der Waals surface area (Å²) in [5, 5.41) is 9.60. The molecule has 1 N–H and O–H groups in total. The fraction of sp³-hybridized carbons (Fsp3) is 0.222. The average molecular weight is 348 g/mol. The summed E-state index contributed by atoms with van der Waals surface area (Å²) in [6.07, 6.45) is 0. The van der Waals surface area contributed by atoms with Crippen molar-refractivity contribution >= 4 is 23.5 Å². The van der Waals surface area contributed by atoms with Gasteiger partial charge in [0.25, 0.3) is 5.91 Å². The van der Waals surface area contributed by atoms with Crippen LogP contribution in [0.5, 0.6) is 0 Å². The SMILES string of the molecule is CN(Cc1ccc(Cl)cc1)C(=O)COC(=O)c1ccc(CO)cc1. The molecule has 1 amide bonds. The minimum Gasteiger partial charge on any atom is -0.452 e. The van der Waals surface area contributed by atoms with E-state index in [0.29, 0.717) is 22.7 Å². The number of hydrogen-bond acceptors (Lipinski definition) is 4. The molecular formula is C18H18ClNO4. The van der Waals surface area contributed by atoms with Crippen LogP contribution in [0.4, 0.5) is 0 Å². The van der Waals surface area contributed by atoms with Gasteiger partial charge in [-0.05, 0) is 35.4 Å². The molecule has 0 aliphatic rings. The lowest BCUT2D eigenvalue weighted by Crippen LogP contribution is -2.30. The van der Waals surface area contributed by atoms with Gasteiger partial charge >= 0.3 is 5.97 Å². The lowest BCUT2D eigenvalue weighted by atomic mass is 10.1. The molecule has 2 aromatic rings. The zero-order chi connectivity index (χ0) is 17.5. The summed E-state index contributed by atoms with van der Waals surface area (Å²) in [6.45, 7) is -0.0211. The van der Waals surface area contributed by atoms with E-state index in [1.165, 1.54) is 4.90 Å². The number of aliphatic hydroxyl groups is 1. The number of likely N-dealkylation sites (N-methyl/N-ethyl adjacent to an activating group) is 1. The van der Waals surface area contributed by atoms with Gasteiger partial charge in [-0.2, -0.15) is 0 Å². The Morgan fingerprint density at radius 2 is 1.62 bits per heavy atom. The number of aliphatic hydroxyl groups excluding tert-OH is 1. The Hall–Kier alpha value is -2.37. The lowest BCUT2D eigenvalue weighted by molar-refractivity contribution is -0.133. The fourth-order valence-corrected chi connectivity index (χ4v) is 2.14. The maximum atomic E-state index is 12.0. The standard InChI is InChI=1S/C18H18ClNO4/c1-20(10-13-4-8-16(19)9-5-13)17(22)12-24-18(23)15-6-2-14(11-21)3-7-15/h2-9,21H,10-12H2,1H3. The molecule has 0 saturated heterocycles. The second kappa shape index (κ2) is 8.47. The molecule has 2 aromatic carbocycles. The van der Waals surface area contributed by atoms with Crippen molar-refractivity contribution in [2.75, 3.05) is 13.7 Å². The Morgan fingerprint density at radius 1 is 1.04 bits per heavy atom. The molecule has 0 unspecified atom stereocenters. The first-order chi connectivity index (χ1) is 11.5. The minimum absolute atomic E-state index is 0.0939. The molecule has 0 spiro atoms. The van der Waals surface area contributed by atoms with Crippen LogP contribution >= 0.6 is 11.6 Å². The van der Waals surface area contributed by atoms with Crippen LogP contribution in [0.3, 0.4) is 0 Å². The van der Waals surface area contributed by atoms with Crippen LogP contribution in [-0.2, 0) is 22.7 Å². The highest BCUT2D eigenvalue weighted by atomic mass is 35.5. The van der Waals surface area contributed by atoms with Gasteiger partial charge in [-0.25, -0.2) is 4.79 Å². The maximum absolute atomic E-state index is 12.0. The van der Waals surface area contributed by atoms with Crippen molar-refractivity contribution in [2.45, 2.75) is 13.2 Å². The first kappa shape index (κ1) is 18.0. The number of hydrogen-bond donors (Lipinski definition) is 1. The summed E-state index contributed by atoms with van der Waals surface area (Å²) < 4.78 is 5.03. The van der Waals surface area contributed by atoms with Crippen LogP contribution < -0.4 is 0 Å². The maximum Gasteiger partial charge on any atom is 0.338 e. The molecule has 6 heteroatoms. The number of ether oxygens (including phenoxy) is 1. The third-order valence-electron chi connectivity index (χ3n) is 3.46. The predicted molar refractivity (Wildman–Crippen MR) is 90.6 cm³/mol. The third kappa shape index (κ3) is 5.08. The van der Waals surface area contributed by atoms with Crippen molar-refractivity contribution in [3.63, 3.8) is 0 Å². The van der Waals surface area contributed by atoms with Crippen LogP contribution in [0, 0.1) is 0 Å². The monoisotopic (exact) mass is 347 g/mol. The second-order valence-electron chi connectivity index (χ2n) is 5.31. The molecule has 5 nitrogen and oxygen atoms in total. The zero-order valence-corrected chi connectivity index (χ0v) is 14.0. The van der Waals surface area contributed by atoms with E-state index in [4.69, 9.17) is 21.4 Å². The molecule has 0 aliphatic heterocycles. The van der Waals surface area contributed by atoms with E-state index in [0.717, 1.165) is 5.56 Å². The number of amides is 1. The van der Waals surface area contributed by atoms with E-state index in [-0.39, 0.29) is 19.1 Å². The highest BCUT2D eigenvalue weighted by Gasteiger charge is 2.14. The van der Waals surface area contributed by atoms with Gasteiger partial charge in [-0.3, -0.25) is 4.79 Å². The van der Waals surface area contributed by atoms with Crippen molar-refractivity contribution in [2.24, 2.45) is 0 Å². The first-order valence-electron chi connectivity index (χ1n) is 7.35. The van der Waals surface area contributed by atoms with Crippen LogP contribution in [0.25, 0.3) is 0 Å². The molecule has 0 radical (unpaired) electrons. The Morgan fingerprint density at radius 3 is 2.21 bits per heavy atom. The zero-order valence-electron chi connectivity index (χ0n) is 13.2. The number of carbonyl (C=O) groups is 2. The van der Waals surface area contributed by atoms with Gasteiger partial charge in [0, 0.05) is 18.6 Å².